The Hall–Kier alpha value is -2.53. The third-order valence-corrected chi connectivity index (χ3v) is 3.20. The second-order valence-corrected chi connectivity index (χ2v) is 4.97. The Labute approximate surface area is 136 Å². The predicted molar refractivity (Wildman–Crippen MR) is 89.9 cm³/mol. The van der Waals surface area contributed by atoms with Crippen LogP contribution in [0.1, 0.15) is 16.8 Å². The van der Waals surface area contributed by atoms with Crippen molar-refractivity contribution in [3.63, 3.8) is 0 Å². The maximum atomic E-state index is 11.3. The number of hydrogen-bond donors (Lipinski definition) is 2. The number of ether oxygens (including phenoxy) is 2. The summed E-state index contributed by atoms with van der Waals surface area (Å²) in [5.74, 6) is 0.930. The lowest BCUT2D eigenvalue weighted by Crippen LogP contribution is -2.24. The molecule has 0 aliphatic rings. The van der Waals surface area contributed by atoms with Crippen molar-refractivity contribution in [2.45, 2.75) is 6.42 Å². The van der Waals surface area contributed by atoms with Crippen molar-refractivity contribution in [3.8, 4) is 11.5 Å². The number of carbonyl (C=O) groups excluding carboxylic acids is 1. The van der Waals surface area contributed by atoms with Gasteiger partial charge in [0.2, 0.25) is 0 Å². The molecule has 0 unspecified atom stereocenters. The van der Waals surface area contributed by atoms with Crippen LogP contribution in [0.25, 0.3) is 0 Å². The molecule has 0 bridgehead atoms. The zero-order valence-electron chi connectivity index (χ0n) is 13.0. The van der Waals surface area contributed by atoms with E-state index in [1.165, 1.54) is 0 Å². The zero-order chi connectivity index (χ0) is 16.3. The Kier molecular flexibility index (Phi) is 6.94. The van der Waals surface area contributed by atoms with E-state index < -0.39 is 5.91 Å². The molecule has 2 rings (SSSR count). The van der Waals surface area contributed by atoms with E-state index in [1.807, 2.05) is 36.4 Å². The number of para-hydroxylation sites is 2. The highest BCUT2D eigenvalue weighted by Gasteiger charge is 2.07. The van der Waals surface area contributed by atoms with Gasteiger partial charge in [-0.3, -0.25) is 4.79 Å². The molecule has 0 aromatic heterocycles. The minimum atomic E-state index is -0.480. The van der Waals surface area contributed by atoms with E-state index in [2.05, 4.69) is 5.32 Å². The van der Waals surface area contributed by atoms with Gasteiger partial charge in [0.25, 0.3) is 5.91 Å². The maximum absolute atomic E-state index is 11.3. The predicted octanol–water partition coefficient (Wildman–Crippen LogP) is 2.22. The fraction of sp³-hybridized carbons (Fsp3) is 0.278. The summed E-state index contributed by atoms with van der Waals surface area (Å²) >= 11 is 0. The van der Waals surface area contributed by atoms with Gasteiger partial charge in [0.15, 0.2) is 0 Å². The molecule has 0 saturated carbocycles. The topological polar surface area (TPSA) is 73.6 Å². The lowest BCUT2D eigenvalue weighted by atomic mass is 10.2. The number of rotatable bonds is 10. The van der Waals surface area contributed by atoms with Crippen LogP contribution in [0.15, 0.2) is 54.6 Å². The van der Waals surface area contributed by atoms with E-state index in [0.29, 0.717) is 31.1 Å². The van der Waals surface area contributed by atoms with Crippen molar-refractivity contribution >= 4 is 5.91 Å². The van der Waals surface area contributed by atoms with Gasteiger partial charge in [0, 0.05) is 6.54 Å². The Morgan fingerprint density at radius 1 is 0.913 bits per heavy atom. The van der Waals surface area contributed by atoms with E-state index in [9.17, 15) is 4.79 Å². The van der Waals surface area contributed by atoms with E-state index in [4.69, 9.17) is 15.2 Å². The lowest BCUT2D eigenvalue weighted by molar-refractivity contribution is 0.0996. The van der Waals surface area contributed by atoms with Crippen LogP contribution >= 0.6 is 0 Å². The quantitative estimate of drug-likeness (QED) is 0.660. The number of hydrogen-bond acceptors (Lipinski definition) is 4. The minimum Gasteiger partial charge on any atom is -0.494 e. The molecule has 3 N–H and O–H groups in total. The van der Waals surface area contributed by atoms with Crippen LogP contribution in [0.4, 0.5) is 0 Å². The van der Waals surface area contributed by atoms with Crippen molar-refractivity contribution < 1.29 is 14.3 Å². The largest absolute Gasteiger partial charge is 0.494 e. The molecule has 2 aromatic carbocycles. The van der Waals surface area contributed by atoms with Gasteiger partial charge in [-0.05, 0) is 37.2 Å². The molecule has 0 atom stereocenters. The van der Waals surface area contributed by atoms with Gasteiger partial charge in [-0.1, -0.05) is 30.3 Å². The minimum absolute atomic E-state index is 0.406. The van der Waals surface area contributed by atoms with Gasteiger partial charge >= 0.3 is 0 Å². The van der Waals surface area contributed by atoms with Gasteiger partial charge in [0.05, 0.1) is 12.2 Å². The summed E-state index contributed by atoms with van der Waals surface area (Å²) in [6.07, 6.45) is 0.909. The number of nitrogens with two attached hydrogens (primary N) is 1. The number of amides is 1. The molecular weight excluding hydrogens is 292 g/mol. The monoisotopic (exact) mass is 314 g/mol. The summed E-state index contributed by atoms with van der Waals surface area (Å²) in [7, 11) is 0. The van der Waals surface area contributed by atoms with Crippen molar-refractivity contribution in [1.82, 2.24) is 5.32 Å². The Balaban J connectivity index is 1.55. The van der Waals surface area contributed by atoms with E-state index in [-0.39, 0.29) is 0 Å². The van der Waals surface area contributed by atoms with Crippen LogP contribution in [0, 0.1) is 0 Å². The van der Waals surface area contributed by atoms with Gasteiger partial charge in [0.1, 0.15) is 18.1 Å². The highest BCUT2D eigenvalue weighted by Crippen LogP contribution is 2.16. The van der Waals surface area contributed by atoms with Crippen LogP contribution in [-0.4, -0.2) is 32.2 Å². The number of benzene rings is 2. The fourth-order valence-electron chi connectivity index (χ4n) is 2.06. The first-order valence-electron chi connectivity index (χ1n) is 7.67. The fourth-order valence-corrected chi connectivity index (χ4v) is 2.06. The summed E-state index contributed by atoms with van der Waals surface area (Å²) in [5.41, 5.74) is 5.71. The average Bonchev–Trinajstić information content (AvgIpc) is 2.58. The van der Waals surface area contributed by atoms with Crippen LogP contribution < -0.4 is 20.5 Å². The Morgan fingerprint density at radius 3 is 2.43 bits per heavy atom. The normalized spacial score (nSPS) is 10.3. The van der Waals surface area contributed by atoms with Crippen molar-refractivity contribution in [1.29, 1.82) is 0 Å². The molecule has 0 radical (unpaired) electrons. The van der Waals surface area contributed by atoms with Crippen LogP contribution in [0.2, 0.25) is 0 Å². The van der Waals surface area contributed by atoms with Gasteiger partial charge < -0.3 is 20.5 Å². The molecule has 1 amide bonds. The number of primary amides is 1. The first kappa shape index (κ1) is 16.8. The van der Waals surface area contributed by atoms with E-state index in [1.54, 1.807) is 18.2 Å². The van der Waals surface area contributed by atoms with E-state index in [0.717, 1.165) is 18.7 Å². The number of nitrogens with one attached hydrogen (secondary N) is 1. The van der Waals surface area contributed by atoms with Gasteiger partial charge in [-0.25, -0.2) is 0 Å². The van der Waals surface area contributed by atoms with Crippen molar-refractivity contribution in [2.75, 3.05) is 26.3 Å². The first-order chi connectivity index (χ1) is 11.3. The maximum Gasteiger partial charge on any atom is 0.252 e. The molecule has 0 heterocycles. The summed E-state index contributed by atoms with van der Waals surface area (Å²) in [5, 5.41) is 3.27. The van der Waals surface area contributed by atoms with Gasteiger partial charge in [-0.2, -0.15) is 0 Å². The lowest BCUT2D eigenvalue weighted by Gasteiger charge is -2.10. The van der Waals surface area contributed by atoms with E-state index >= 15 is 0 Å². The molecule has 122 valence electrons. The second kappa shape index (κ2) is 9.48. The third-order valence-electron chi connectivity index (χ3n) is 3.20. The number of carbonyl (C=O) groups is 1. The zero-order valence-corrected chi connectivity index (χ0v) is 13.0. The summed E-state index contributed by atoms with van der Waals surface area (Å²) in [6.45, 7) is 2.68. The summed E-state index contributed by atoms with van der Waals surface area (Å²) in [4.78, 5) is 11.3. The van der Waals surface area contributed by atoms with Crippen LogP contribution in [0.5, 0.6) is 11.5 Å². The molecule has 2 aromatic rings. The smallest absolute Gasteiger partial charge is 0.252 e. The van der Waals surface area contributed by atoms with Crippen molar-refractivity contribution in [2.24, 2.45) is 5.73 Å². The molecular formula is C18H22N2O3. The third kappa shape index (κ3) is 6.00. The molecule has 5 heteroatoms. The molecule has 0 saturated heterocycles. The Morgan fingerprint density at radius 2 is 1.65 bits per heavy atom. The molecule has 0 aliphatic carbocycles. The SMILES string of the molecule is NC(=O)c1ccccc1OCCNCCCOc1ccccc1. The molecule has 5 nitrogen and oxygen atoms in total. The standard InChI is InChI=1S/C18H22N2O3/c19-18(21)16-9-4-5-10-17(16)23-14-12-20-11-6-13-22-15-7-2-1-3-8-15/h1-5,7-10,20H,6,11-14H2,(H2,19,21). The highest BCUT2D eigenvalue weighted by molar-refractivity contribution is 5.95. The van der Waals surface area contributed by atoms with Gasteiger partial charge in [-0.15, -0.1) is 0 Å². The summed E-state index contributed by atoms with van der Waals surface area (Å²) < 4.78 is 11.2. The molecule has 0 spiro atoms. The second-order valence-electron chi connectivity index (χ2n) is 4.97. The molecule has 0 fully saturated rings. The average molecular weight is 314 g/mol. The molecule has 23 heavy (non-hydrogen) atoms. The van der Waals surface area contributed by atoms with Crippen molar-refractivity contribution in [3.05, 3.63) is 60.2 Å². The molecule has 0 aliphatic heterocycles. The first-order valence-corrected chi connectivity index (χ1v) is 7.67. The Bertz CT molecular complexity index is 602. The summed E-state index contributed by atoms with van der Waals surface area (Å²) in [6, 6.07) is 16.7. The highest BCUT2D eigenvalue weighted by atomic mass is 16.5. The van der Waals surface area contributed by atoms with Crippen LogP contribution in [0.3, 0.4) is 0 Å². The van der Waals surface area contributed by atoms with Crippen LogP contribution in [-0.2, 0) is 0 Å².